The topological polar surface area (TPSA) is 91.4 Å². The molecule has 1 aliphatic carbocycles. The van der Waals surface area contributed by atoms with Crippen LogP contribution in [0.1, 0.15) is 36.0 Å². The normalized spacial score (nSPS) is 19.7. The fourth-order valence-corrected chi connectivity index (χ4v) is 4.01. The Hall–Kier alpha value is -2.71. The van der Waals surface area contributed by atoms with Gasteiger partial charge in [0.1, 0.15) is 23.4 Å². The number of methoxy groups -OCH3 is 1. The van der Waals surface area contributed by atoms with Crippen molar-refractivity contribution >= 4 is 23.3 Å². The van der Waals surface area contributed by atoms with Gasteiger partial charge in [-0.05, 0) is 25.0 Å². The fraction of sp³-hybridized carbons (Fsp3) is 0.476. The molecule has 2 aromatic heterocycles. The molecule has 0 bridgehead atoms. The molecule has 0 spiro atoms. The highest BCUT2D eigenvalue weighted by Gasteiger charge is 2.26. The number of anilines is 3. The van der Waals surface area contributed by atoms with Gasteiger partial charge in [0.05, 0.1) is 12.8 Å². The Bertz CT molecular complexity index is 819. The van der Waals surface area contributed by atoms with E-state index in [0.29, 0.717) is 11.6 Å². The molecule has 0 aromatic carbocycles. The van der Waals surface area contributed by atoms with Crippen LogP contribution in [0.25, 0.3) is 0 Å². The summed E-state index contributed by atoms with van der Waals surface area (Å²) in [5, 5.41) is 10.5. The van der Waals surface area contributed by atoms with Gasteiger partial charge in [-0.1, -0.05) is 18.9 Å². The highest BCUT2D eigenvalue weighted by molar-refractivity contribution is 5.96. The van der Waals surface area contributed by atoms with E-state index in [-0.39, 0.29) is 12.1 Å². The fourth-order valence-electron chi connectivity index (χ4n) is 4.01. The van der Waals surface area contributed by atoms with Crippen molar-refractivity contribution in [2.45, 2.75) is 37.9 Å². The molecule has 2 fully saturated rings. The second-order valence-corrected chi connectivity index (χ2v) is 7.44. The molecule has 3 N–H and O–H groups in total. The first-order valence-electron chi connectivity index (χ1n) is 10.3. The van der Waals surface area contributed by atoms with Crippen molar-refractivity contribution in [3.05, 3.63) is 42.2 Å². The van der Waals surface area contributed by atoms with Gasteiger partial charge in [-0.3, -0.25) is 10.2 Å². The standard InChI is InChI=1S/C21H28N6O2/c1-29-21(28)16-13-25-19(12-17(16)26-15-6-2-3-7-15)27(18-8-4-5-9-23-18)20-14-22-10-11-24-20/h4-5,8-9,12-13,15,20,22,24H,2-3,6-7,10-11,14H2,1H3,(H,25,26). The Labute approximate surface area is 171 Å². The van der Waals surface area contributed by atoms with E-state index in [4.69, 9.17) is 4.74 Å². The Morgan fingerprint density at radius 3 is 2.76 bits per heavy atom. The van der Waals surface area contributed by atoms with E-state index in [1.165, 1.54) is 20.0 Å². The van der Waals surface area contributed by atoms with Gasteiger partial charge in [-0.15, -0.1) is 0 Å². The number of piperazine rings is 1. The van der Waals surface area contributed by atoms with Gasteiger partial charge in [-0.25, -0.2) is 14.8 Å². The Kier molecular flexibility index (Phi) is 6.21. The van der Waals surface area contributed by atoms with Crippen molar-refractivity contribution in [3.8, 4) is 0 Å². The van der Waals surface area contributed by atoms with Crippen molar-refractivity contribution in [2.24, 2.45) is 0 Å². The molecule has 1 aliphatic heterocycles. The number of rotatable bonds is 6. The maximum Gasteiger partial charge on any atom is 0.341 e. The lowest BCUT2D eigenvalue weighted by atomic mass is 10.1. The third kappa shape index (κ3) is 4.49. The zero-order valence-corrected chi connectivity index (χ0v) is 16.7. The lowest BCUT2D eigenvalue weighted by Crippen LogP contribution is -2.56. The molecule has 2 aromatic rings. The number of ether oxygens (including phenoxy) is 1. The largest absolute Gasteiger partial charge is 0.465 e. The van der Waals surface area contributed by atoms with Crippen LogP contribution < -0.4 is 20.9 Å². The molecule has 1 saturated heterocycles. The van der Waals surface area contributed by atoms with Gasteiger partial charge in [0.2, 0.25) is 0 Å². The predicted molar refractivity (Wildman–Crippen MR) is 112 cm³/mol. The molecule has 1 unspecified atom stereocenters. The van der Waals surface area contributed by atoms with Crippen molar-refractivity contribution in [2.75, 3.05) is 37.0 Å². The summed E-state index contributed by atoms with van der Waals surface area (Å²) in [6, 6.07) is 8.14. The van der Waals surface area contributed by atoms with E-state index in [1.54, 1.807) is 12.4 Å². The summed E-state index contributed by atoms with van der Waals surface area (Å²) in [7, 11) is 1.40. The van der Waals surface area contributed by atoms with E-state index < -0.39 is 0 Å². The third-order valence-electron chi connectivity index (χ3n) is 5.48. The average Bonchev–Trinajstić information content (AvgIpc) is 3.28. The van der Waals surface area contributed by atoms with E-state index >= 15 is 0 Å². The van der Waals surface area contributed by atoms with Gasteiger partial charge in [0.15, 0.2) is 0 Å². The van der Waals surface area contributed by atoms with Crippen molar-refractivity contribution in [1.29, 1.82) is 0 Å². The zero-order valence-electron chi connectivity index (χ0n) is 16.7. The Balaban J connectivity index is 1.72. The number of aromatic nitrogens is 2. The number of hydrogen-bond donors (Lipinski definition) is 3. The molecule has 154 valence electrons. The molecule has 0 radical (unpaired) electrons. The highest BCUT2D eigenvalue weighted by atomic mass is 16.5. The molecule has 4 rings (SSSR count). The summed E-state index contributed by atoms with van der Waals surface area (Å²) in [4.78, 5) is 23.5. The van der Waals surface area contributed by atoms with Gasteiger partial charge in [0.25, 0.3) is 0 Å². The van der Waals surface area contributed by atoms with Crippen LogP contribution in [0.3, 0.4) is 0 Å². The third-order valence-corrected chi connectivity index (χ3v) is 5.48. The second kappa shape index (κ2) is 9.19. The summed E-state index contributed by atoms with van der Waals surface area (Å²) in [6.07, 6.45) is 8.02. The number of nitrogens with one attached hydrogen (secondary N) is 3. The van der Waals surface area contributed by atoms with Crippen LogP contribution in [0, 0.1) is 0 Å². The molecule has 2 aliphatic rings. The molecule has 29 heavy (non-hydrogen) atoms. The highest BCUT2D eigenvalue weighted by Crippen LogP contribution is 2.30. The molecule has 3 heterocycles. The van der Waals surface area contributed by atoms with Gasteiger partial charge < -0.3 is 15.4 Å². The number of pyridine rings is 2. The van der Waals surface area contributed by atoms with E-state index in [9.17, 15) is 4.79 Å². The molecule has 1 atom stereocenters. The average molecular weight is 396 g/mol. The molecule has 1 saturated carbocycles. The SMILES string of the molecule is COC(=O)c1cnc(N(c2ccccn2)C2CNCCN2)cc1NC1CCCC1. The van der Waals surface area contributed by atoms with Crippen LogP contribution in [-0.4, -0.2) is 54.9 Å². The van der Waals surface area contributed by atoms with Crippen LogP contribution in [0.4, 0.5) is 17.3 Å². The van der Waals surface area contributed by atoms with Crippen LogP contribution in [0.5, 0.6) is 0 Å². The minimum atomic E-state index is -0.383. The first-order chi connectivity index (χ1) is 14.3. The monoisotopic (exact) mass is 396 g/mol. The van der Waals surface area contributed by atoms with Crippen molar-refractivity contribution in [1.82, 2.24) is 20.6 Å². The van der Waals surface area contributed by atoms with Gasteiger partial charge in [-0.2, -0.15) is 0 Å². The molecule has 8 nitrogen and oxygen atoms in total. The lowest BCUT2D eigenvalue weighted by molar-refractivity contribution is 0.0601. The zero-order chi connectivity index (χ0) is 20.1. The Morgan fingerprint density at radius 1 is 1.21 bits per heavy atom. The summed E-state index contributed by atoms with van der Waals surface area (Å²) in [5.74, 6) is 1.16. The van der Waals surface area contributed by atoms with Crippen LogP contribution in [-0.2, 0) is 4.74 Å². The van der Waals surface area contributed by atoms with Gasteiger partial charge >= 0.3 is 5.97 Å². The van der Waals surface area contributed by atoms with Crippen LogP contribution in [0.2, 0.25) is 0 Å². The lowest BCUT2D eigenvalue weighted by Gasteiger charge is -2.35. The van der Waals surface area contributed by atoms with E-state index in [0.717, 1.165) is 49.8 Å². The molecule has 8 heteroatoms. The first-order valence-corrected chi connectivity index (χ1v) is 10.3. The van der Waals surface area contributed by atoms with Crippen molar-refractivity contribution < 1.29 is 9.53 Å². The smallest absolute Gasteiger partial charge is 0.341 e. The minimum Gasteiger partial charge on any atom is -0.465 e. The summed E-state index contributed by atoms with van der Waals surface area (Å²) in [5.41, 5.74) is 1.22. The quantitative estimate of drug-likeness (QED) is 0.641. The van der Waals surface area contributed by atoms with E-state index in [1.807, 2.05) is 24.3 Å². The summed E-state index contributed by atoms with van der Waals surface area (Å²) < 4.78 is 4.98. The van der Waals surface area contributed by atoms with E-state index in [2.05, 4.69) is 30.8 Å². The maximum atomic E-state index is 12.3. The van der Waals surface area contributed by atoms with Crippen LogP contribution >= 0.6 is 0 Å². The Morgan fingerprint density at radius 2 is 2.07 bits per heavy atom. The molecular formula is C21H28N6O2. The summed E-state index contributed by atoms with van der Waals surface area (Å²) >= 11 is 0. The van der Waals surface area contributed by atoms with Crippen molar-refractivity contribution in [3.63, 3.8) is 0 Å². The first kappa shape index (κ1) is 19.6. The number of carbonyl (C=O) groups excluding carboxylic acids is 1. The number of hydrogen-bond acceptors (Lipinski definition) is 8. The predicted octanol–water partition coefficient (Wildman–Crippen LogP) is 2.27. The minimum absolute atomic E-state index is 0.00876. The number of nitrogens with zero attached hydrogens (tertiary/aromatic N) is 3. The second-order valence-electron chi connectivity index (χ2n) is 7.44. The number of esters is 1. The maximum absolute atomic E-state index is 12.3. The molecular weight excluding hydrogens is 368 g/mol. The van der Waals surface area contributed by atoms with Crippen LogP contribution in [0.15, 0.2) is 36.7 Å². The van der Waals surface area contributed by atoms with Gasteiger partial charge in [0, 0.05) is 44.1 Å². The summed E-state index contributed by atoms with van der Waals surface area (Å²) in [6.45, 7) is 2.56. The molecule has 0 amide bonds. The number of carbonyl (C=O) groups is 1.